The Morgan fingerprint density at radius 1 is 0.560 bits per heavy atom. The van der Waals surface area contributed by atoms with Gasteiger partial charge >= 0.3 is 0 Å². The molecule has 0 unspecified atom stereocenters. The quantitative estimate of drug-likeness (QED) is 0.283. The molecule has 0 aromatic rings. The Morgan fingerprint density at radius 3 is 1.28 bits per heavy atom. The molecule has 0 aliphatic rings. The second-order valence-corrected chi connectivity index (χ2v) is 5.85. The molecule has 0 saturated carbocycles. The van der Waals surface area contributed by atoms with Crippen LogP contribution in [0.2, 0.25) is 0 Å². The van der Waals surface area contributed by atoms with Gasteiger partial charge < -0.3 is 0 Å². The van der Waals surface area contributed by atoms with E-state index < -0.39 is 0 Å². The summed E-state index contributed by atoms with van der Waals surface area (Å²) in [6.45, 7) is 4.07. The van der Waals surface area contributed by atoms with Crippen molar-refractivity contribution in [2.45, 2.75) is 71.6 Å². The molecule has 0 saturated heterocycles. The number of Topliss-reactive ketones (excluding diaryl/α,β-unsaturated/α-hetero) is 1. The van der Waals surface area contributed by atoms with E-state index in [4.69, 9.17) is 0 Å². The van der Waals surface area contributed by atoms with Crippen molar-refractivity contribution in [1.29, 1.82) is 0 Å². The molecule has 0 aliphatic carbocycles. The molecule has 1 nitrogen and oxygen atoms in total. The summed E-state index contributed by atoms with van der Waals surface area (Å²) in [5, 5.41) is 0. The van der Waals surface area contributed by atoms with Gasteiger partial charge in [-0.2, -0.15) is 0 Å². The Hall–Kier alpha value is -1.89. The van der Waals surface area contributed by atoms with E-state index in [1.165, 1.54) is 0 Å². The summed E-state index contributed by atoms with van der Waals surface area (Å²) in [6.07, 6.45) is 34.6. The molecule has 0 rings (SSSR count). The highest BCUT2D eigenvalue weighted by atomic mass is 16.1. The SMILES string of the molecule is CC/C=C\C/C=C\C/C=C\C/C=C\C/C=C\C/C=C\CCC(=O)CC. The van der Waals surface area contributed by atoms with Gasteiger partial charge in [0.25, 0.3) is 0 Å². The highest BCUT2D eigenvalue weighted by Crippen LogP contribution is 1.99. The fourth-order valence-electron chi connectivity index (χ4n) is 2.06. The van der Waals surface area contributed by atoms with Gasteiger partial charge in [0.05, 0.1) is 0 Å². The summed E-state index contributed by atoms with van der Waals surface area (Å²) >= 11 is 0. The van der Waals surface area contributed by atoms with Crippen molar-refractivity contribution in [3.8, 4) is 0 Å². The van der Waals surface area contributed by atoms with Crippen molar-refractivity contribution in [2.24, 2.45) is 0 Å². The third-order valence-corrected chi connectivity index (χ3v) is 3.58. The molecule has 0 heterocycles. The summed E-state index contributed by atoms with van der Waals surface area (Å²) in [6, 6.07) is 0. The predicted molar refractivity (Wildman–Crippen MR) is 113 cm³/mol. The molecule has 138 valence electrons. The molecular weight excluding hydrogens is 304 g/mol. The molecule has 0 bridgehead atoms. The molecule has 0 aromatic carbocycles. The summed E-state index contributed by atoms with van der Waals surface area (Å²) in [4.78, 5) is 11.1. The highest BCUT2D eigenvalue weighted by molar-refractivity contribution is 5.78. The van der Waals surface area contributed by atoms with Crippen LogP contribution in [0, 0.1) is 0 Å². The van der Waals surface area contributed by atoms with Gasteiger partial charge in [0.15, 0.2) is 0 Å². The molecule has 25 heavy (non-hydrogen) atoms. The summed E-state index contributed by atoms with van der Waals surface area (Å²) < 4.78 is 0. The number of ketones is 1. The van der Waals surface area contributed by atoms with Crippen molar-refractivity contribution in [1.82, 2.24) is 0 Å². The number of rotatable bonds is 15. The second-order valence-electron chi connectivity index (χ2n) is 5.85. The smallest absolute Gasteiger partial charge is 0.132 e. The molecule has 0 spiro atoms. The zero-order valence-corrected chi connectivity index (χ0v) is 16.2. The zero-order valence-electron chi connectivity index (χ0n) is 16.2. The Labute approximate surface area is 155 Å². The van der Waals surface area contributed by atoms with Crippen LogP contribution >= 0.6 is 0 Å². The lowest BCUT2D eigenvalue weighted by atomic mass is 10.1. The third-order valence-electron chi connectivity index (χ3n) is 3.58. The molecule has 0 fully saturated rings. The fraction of sp³-hybridized carbons (Fsp3) is 0.458. The van der Waals surface area contributed by atoms with Crippen molar-refractivity contribution in [2.75, 3.05) is 0 Å². The van der Waals surface area contributed by atoms with Gasteiger partial charge in [0.2, 0.25) is 0 Å². The van der Waals surface area contributed by atoms with E-state index >= 15 is 0 Å². The van der Waals surface area contributed by atoms with Gasteiger partial charge in [-0.25, -0.2) is 0 Å². The van der Waals surface area contributed by atoms with E-state index in [0.717, 1.165) is 44.9 Å². The number of carbonyl (C=O) groups excluding carboxylic acids is 1. The van der Waals surface area contributed by atoms with Crippen molar-refractivity contribution < 1.29 is 4.79 Å². The first-order valence-electron chi connectivity index (χ1n) is 9.72. The zero-order chi connectivity index (χ0) is 18.4. The molecule has 0 N–H and O–H groups in total. The first-order valence-corrected chi connectivity index (χ1v) is 9.72. The summed E-state index contributed by atoms with van der Waals surface area (Å²) in [5.74, 6) is 0.347. The Kier molecular flexibility index (Phi) is 18.6. The van der Waals surface area contributed by atoms with Gasteiger partial charge in [0, 0.05) is 12.8 Å². The minimum atomic E-state index is 0.347. The maximum Gasteiger partial charge on any atom is 0.132 e. The number of hydrogen-bond acceptors (Lipinski definition) is 1. The maximum absolute atomic E-state index is 11.1. The lowest BCUT2D eigenvalue weighted by molar-refractivity contribution is -0.118. The Balaban J connectivity index is 3.53. The Morgan fingerprint density at radius 2 is 0.920 bits per heavy atom. The van der Waals surface area contributed by atoms with Crippen LogP contribution in [0.4, 0.5) is 0 Å². The molecular formula is C24H36O. The standard InChI is InChI=1S/C24H36O/c1-3-5-6-7-8-9-10-11-12-13-14-15-16-17-18-19-20-21-22-23-24(25)4-2/h5-6,8-9,11-12,14-15,17-18,20-21H,3-4,7,10,13,16,19,22-23H2,1-2H3/b6-5-,9-8-,12-11-,15-14-,18-17-,21-20-. The van der Waals surface area contributed by atoms with Crippen LogP contribution < -0.4 is 0 Å². The molecule has 0 atom stereocenters. The van der Waals surface area contributed by atoms with Crippen LogP contribution in [0.1, 0.15) is 71.6 Å². The minimum Gasteiger partial charge on any atom is -0.300 e. The second kappa shape index (κ2) is 20.2. The summed E-state index contributed by atoms with van der Waals surface area (Å²) in [7, 11) is 0. The van der Waals surface area contributed by atoms with Crippen LogP contribution in [0.5, 0.6) is 0 Å². The lowest BCUT2D eigenvalue weighted by Crippen LogP contribution is -1.92. The highest BCUT2D eigenvalue weighted by Gasteiger charge is 1.93. The van der Waals surface area contributed by atoms with Crippen molar-refractivity contribution >= 4 is 5.78 Å². The molecule has 0 aromatic heterocycles. The van der Waals surface area contributed by atoms with Gasteiger partial charge in [-0.15, -0.1) is 0 Å². The van der Waals surface area contributed by atoms with Crippen LogP contribution in [0.25, 0.3) is 0 Å². The molecule has 0 radical (unpaired) electrons. The van der Waals surface area contributed by atoms with Gasteiger partial charge in [0.1, 0.15) is 5.78 Å². The van der Waals surface area contributed by atoms with Crippen LogP contribution in [0.3, 0.4) is 0 Å². The fourth-order valence-corrected chi connectivity index (χ4v) is 2.06. The van der Waals surface area contributed by atoms with Crippen molar-refractivity contribution in [3.63, 3.8) is 0 Å². The van der Waals surface area contributed by atoms with Crippen molar-refractivity contribution in [3.05, 3.63) is 72.9 Å². The number of allylic oxidation sites excluding steroid dienone is 12. The molecule has 1 heteroatoms. The van der Waals surface area contributed by atoms with E-state index in [1.54, 1.807) is 0 Å². The van der Waals surface area contributed by atoms with Crippen LogP contribution in [0.15, 0.2) is 72.9 Å². The van der Waals surface area contributed by atoms with E-state index in [2.05, 4.69) is 79.8 Å². The van der Waals surface area contributed by atoms with E-state index in [0.29, 0.717) is 18.6 Å². The average molecular weight is 341 g/mol. The van der Waals surface area contributed by atoms with Crippen LogP contribution in [-0.4, -0.2) is 5.78 Å². The first kappa shape index (κ1) is 23.1. The van der Waals surface area contributed by atoms with E-state index in [-0.39, 0.29) is 0 Å². The monoisotopic (exact) mass is 340 g/mol. The largest absolute Gasteiger partial charge is 0.300 e. The third kappa shape index (κ3) is 20.1. The molecule has 0 aliphatic heterocycles. The normalized spacial score (nSPS) is 13.0. The topological polar surface area (TPSA) is 17.1 Å². The van der Waals surface area contributed by atoms with Gasteiger partial charge in [-0.1, -0.05) is 86.8 Å². The number of hydrogen-bond donors (Lipinski definition) is 0. The lowest BCUT2D eigenvalue weighted by Gasteiger charge is -1.91. The average Bonchev–Trinajstić information content (AvgIpc) is 2.63. The van der Waals surface area contributed by atoms with Gasteiger partial charge in [-0.05, 0) is 44.9 Å². The predicted octanol–water partition coefficient (Wildman–Crippen LogP) is 7.44. The van der Waals surface area contributed by atoms with Crippen LogP contribution in [-0.2, 0) is 4.79 Å². The maximum atomic E-state index is 11.1. The Bertz CT molecular complexity index is 472. The molecule has 0 amide bonds. The number of carbonyl (C=O) groups is 1. The van der Waals surface area contributed by atoms with Gasteiger partial charge in [-0.3, -0.25) is 4.79 Å². The van der Waals surface area contributed by atoms with E-state index in [9.17, 15) is 4.79 Å². The van der Waals surface area contributed by atoms with E-state index in [1.807, 2.05) is 6.92 Å². The summed E-state index contributed by atoms with van der Waals surface area (Å²) in [5.41, 5.74) is 0. The first-order chi connectivity index (χ1) is 12.3. The minimum absolute atomic E-state index is 0.347.